The van der Waals surface area contributed by atoms with Crippen molar-refractivity contribution < 1.29 is 4.79 Å². The van der Waals surface area contributed by atoms with Gasteiger partial charge in [0, 0.05) is 31.1 Å². The third-order valence-corrected chi connectivity index (χ3v) is 5.32. The maximum atomic E-state index is 11.5. The number of anilines is 1. The number of carbonyl (C=O) groups excluding carboxylic acids is 1. The highest BCUT2D eigenvalue weighted by Gasteiger charge is 2.14. The third kappa shape index (κ3) is 3.07. The first-order valence-electron chi connectivity index (χ1n) is 6.66. The Morgan fingerprint density at radius 1 is 1.41 bits per heavy atom. The number of benzene rings is 1. The van der Waals surface area contributed by atoms with Crippen molar-refractivity contribution in [2.45, 2.75) is 10.1 Å². The van der Waals surface area contributed by atoms with Gasteiger partial charge in [0.05, 0.1) is 0 Å². The van der Waals surface area contributed by atoms with E-state index in [0.29, 0.717) is 5.13 Å². The SMILES string of the molecule is CNC(=O)N(C)c1nnc(SCc2cc3ccccc3[nH]2)s1. The number of hydrogen-bond acceptors (Lipinski definition) is 5. The molecule has 0 bridgehead atoms. The van der Waals surface area contributed by atoms with Crippen molar-refractivity contribution in [2.24, 2.45) is 0 Å². The van der Waals surface area contributed by atoms with Gasteiger partial charge in [0.25, 0.3) is 0 Å². The second kappa shape index (κ2) is 6.37. The highest BCUT2D eigenvalue weighted by atomic mass is 32.2. The number of aromatic amines is 1. The molecule has 0 radical (unpaired) electrons. The fourth-order valence-electron chi connectivity index (χ4n) is 2.00. The van der Waals surface area contributed by atoms with E-state index in [1.807, 2.05) is 12.1 Å². The van der Waals surface area contributed by atoms with E-state index in [0.717, 1.165) is 21.3 Å². The number of nitrogens with zero attached hydrogens (tertiary/aromatic N) is 3. The van der Waals surface area contributed by atoms with Crippen LogP contribution in [0.5, 0.6) is 0 Å². The number of rotatable bonds is 4. The molecular formula is C14H15N5OS2. The summed E-state index contributed by atoms with van der Waals surface area (Å²) >= 11 is 3.00. The molecule has 114 valence electrons. The van der Waals surface area contributed by atoms with Gasteiger partial charge in [-0.05, 0) is 17.5 Å². The quantitative estimate of drug-likeness (QED) is 0.568. The molecule has 0 saturated carbocycles. The molecule has 3 rings (SSSR count). The van der Waals surface area contributed by atoms with Gasteiger partial charge in [0.1, 0.15) is 0 Å². The van der Waals surface area contributed by atoms with E-state index >= 15 is 0 Å². The van der Waals surface area contributed by atoms with Crippen molar-refractivity contribution in [1.29, 1.82) is 0 Å². The summed E-state index contributed by atoms with van der Waals surface area (Å²) in [7, 11) is 3.26. The number of carbonyl (C=O) groups is 1. The van der Waals surface area contributed by atoms with Gasteiger partial charge < -0.3 is 10.3 Å². The summed E-state index contributed by atoms with van der Waals surface area (Å²) in [5, 5.41) is 12.5. The Bertz CT molecular complexity index is 764. The summed E-state index contributed by atoms with van der Waals surface area (Å²) in [4.78, 5) is 16.4. The Labute approximate surface area is 135 Å². The highest BCUT2D eigenvalue weighted by molar-refractivity contribution is 8.00. The number of para-hydroxylation sites is 1. The molecule has 0 saturated heterocycles. The molecule has 22 heavy (non-hydrogen) atoms. The van der Waals surface area contributed by atoms with Gasteiger partial charge in [-0.25, -0.2) is 4.79 Å². The minimum Gasteiger partial charge on any atom is -0.358 e. The van der Waals surface area contributed by atoms with Crippen LogP contribution in [0, 0.1) is 0 Å². The zero-order valence-electron chi connectivity index (χ0n) is 12.2. The summed E-state index contributed by atoms with van der Waals surface area (Å²) < 4.78 is 0.837. The van der Waals surface area contributed by atoms with Gasteiger partial charge in [0.15, 0.2) is 4.34 Å². The first kappa shape index (κ1) is 14.9. The van der Waals surface area contributed by atoms with Crippen LogP contribution in [0.3, 0.4) is 0 Å². The molecule has 0 spiro atoms. The van der Waals surface area contributed by atoms with Crippen molar-refractivity contribution in [3.63, 3.8) is 0 Å². The molecular weight excluding hydrogens is 318 g/mol. The monoisotopic (exact) mass is 333 g/mol. The van der Waals surface area contributed by atoms with E-state index in [-0.39, 0.29) is 6.03 Å². The van der Waals surface area contributed by atoms with Crippen molar-refractivity contribution >= 4 is 45.2 Å². The number of H-pyrrole nitrogens is 1. The predicted octanol–water partition coefficient (Wildman–Crippen LogP) is 3.09. The van der Waals surface area contributed by atoms with E-state index < -0.39 is 0 Å². The number of aromatic nitrogens is 3. The van der Waals surface area contributed by atoms with Crippen LogP contribution in [-0.4, -0.2) is 35.3 Å². The van der Waals surface area contributed by atoms with E-state index in [9.17, 15) is 4.79 Å². The molecule has 0 unspecified atom stereocenters. The average molecular weight is 333 g/mol. The lowest BCUT2D eigenvalue weighted by Crippen LogP contribution is -2.34. The second-order valence-corrected chi connectivity index (χ2v) is 6.81. The normalized spacial score (nSPS) is 10.8. The Morgan fingerprint density at radius 3 is 3.00 bits per heavy atom. The van der Waals surface area contributed by atoms with Gasteiger partial charge in [-0.15, -0.1) is 10.2 Å². The molecule has 3 aromatic rings. The molecule has 0 aliphatic heterocycles. The average Bonchev–Trinajstić information content (AvgIpc) is 3.17. The molecule has 1 aromatic carbocycles. The van der Waals surface area contributed by atoms with E-state index in [1.54, 1.807) is 25.9 Å². The minimum absolute atomic E-state index is 0.205. The molecule has 0 fully saturated rings. The Kier molecular flexibility index (Phi) is 4.30. The first-order chi connectivity index (χ1) is 10.7. The molecule has 0 aliphatic rings. The van der Waals surface area contributed by atoms with Crippen LogP contribution in [0.15, 0.2) is 34.7 Å². The number of nitrogens with one attached hydrogen (secondary N) is 2. The Morgan fingerprint density at radius 2 is 2.23 bits per heavy atom. The maximum absolute atomic E-state index is 11.5. The lowest BCUT2D eigenvalue weighted by atomic mass is 10.2. The van der Waals surface area contributed by atoms with Gasteiger partial charge in [0.2, 0.25) is 5.13 Å². The Hall–Kier alpha value is -2.06. The molecule has 2 heterocycles. The van der Waals surface area contributed by atoms with Crippen LogP contribution in [-0.2, 0) is 5.75 Å². The van der Waals surface area contributed by atoms with Crippen molar-refractivity contribution in [3.05, 3.63) is 36.0 Å². The van der Waals surface area contributed by atoms with Crippen LogP contribution in [0.2, 0.25) is 0 Å². The first-order valence-corrected chi connectivity index (χ1v) is 8.46. The summed E-state index contributed by atoms with van der Waals surface area (Å²) in [5.74, 6) is 0.785. The molecule has 2 aromatic heterocycles. The van der Waals surface area contributed by atoms with Gasteiger partial charge >= 0.3 is 6.03 Å². The van der Waals surface area contributed by atoms with Crippen LogP contribution < -0.4 is 10.2 Å². The summed E-state index contributed by atoms with van der Waals surface area (Å²) in [5.41, 5.74) is 2.28. The molecule has 2 amide bonds. The largest absolute Gasteiger partial charge is 0.358 e. The lowest BCUT2D eigenvalue weighted by molar-refractivity contribution is 0.249. The summed E-state index contributed by atoms with van der Waals surface area (Å²) in [6, 6.07) is 10.1. The third-order valence-electron chi connectivity index (χ3n) is 3.14. The van der Waals surface area contributed by atoms with Crippen molar-refractivity contribution in [3.8, 4) is 0 Å². The number of thioether (sulfide) groups is 1. The Balaban J connectivity index is 1.66. The van der Waals surface area contributed by atoms with Gasteiger partial charge in [-0.2, -0.15) is 0 Å². The molecule has 2 N–H and O–H groups in total. The van der Waals surface area contributed by atoms with Crippen LogP contribution >= 0.6 is 23.1 Å². The van der Waals surface area contributed by atoms with Crippen molar-refractivity contribution in [2.75, 3.05) is 19.0 Å². The van der Waals surface area contributed by atoms with Gasteiger partial charge in [-0.3, -0.25) is 4.90 Å². The van der Waals surface area contributed by atoms with Crippen LogP contribution in [0.25, 0.3) is 10.9 Å². The van der Waals surface area contributed by atoms with E-state index in [4.69, 9.17) is 0 Å². The van der Waals surface area contributed by atoms with E-state index in [1.165, 1.54) is 21.6 Å². The molecule has 8 heteroatoms. The zero-order chi connectivity index (χ0) is 15.5. The minimum atomic E-state index is -0.205. The molecule has 6 nitrogen and oxygen atoms in total. The fraction of sp³-hybridized carbons (Fsp3) is 0.214. The molecule has 0 aliphatic carbocycles. The van der Waals surface area contributed by atoms with E-state index in [2.05, 4.69) is 38.7 Å². The number of fused-ring (bicyclic) bond motifs is 1. The molecule has 0 atom stereocenters. The van der Waals surface area contributed by atoms with Crippen LogP contribution in [0.1, 0.15) is 5.69 Å². The predicted molar refractivity (Wildman–Crippen MR) is 90.6 cm³/mol. The van der Waals surface area contributed by atoms with Gasteiger partial charge in [-0.1, -0.05) is 41.3 Å². The standard InChI is InChI=1S/C14H15N5OS2/c1-15-12(20)19(2)13-17-18-14(22-13)21-8-10-7-9-5-3-4-6-11(9)16-10/h3-7,16H,8H2,1-2H3,(H,15,20). The second-order valence-electron chi connectivity index (χ2n) is 4.64. The summed E-state index contributed by atoms with van der Waals surface area (Å²) in [6.45, 7) is 0. The number of urea groups is 1. The topological polar surface area (TPSA) is 73.9 Å². The van der Waals surface area contributed by atoms with Crippen LogP contribution in [0.4, 0.5) is 9.93 Å². The zero-order valence-corrected chi connectivity index (χ0v) is 13.8. The number of amides is 2. The summed E-state index contributed by atoms with van der Waals surface area (Å²) in [6.07, 6.45) is 0. The highest BCUT2D eigenvalue weighted by Crippen LogP contribution is 2.30. The van der Waals surface area contributed by atoms with Crippen molar-refractivity contribution in [1.82, 2.24) is 20.5 Å². The lowest BCUT2D eigenvalue weighted by Gasteiger charge is -2.10. The smallest absolute Gasteiger partial charge is 0.323 e. The maximum Gasteiger partial charge on any atom is 0.323 e. The fourth-order valence-corrected chi connectivity index (χ4v) is 3.71. The number of hydrogen-bond donors (Lipinski definition) is 2.